The Labute approximate surface area is 163 Å². The second-order valence-electron chi connectivity index (χ2n) is 6.23. The van der Waals surface area contributed by atoms with E-state index in [0.717, 1.165) is 17.1 Å². The van der Waals surface area contributed by atoms with Crippen LogP contribution in [-0.4, -0.2) is 20.2 Å². The Balaban J connectivity index is 1.64. The highest BCUT2D eigenvalue weighted by molar-refractivity contribution is 5.77. The van der Waals surface area contributed by atoms with E-state index in [1.54, 1.807) is 18.3 Å². The van der Waals surface area contributed by atoms with Crippen molar-refractivity contribution in [3.05, 3.63) is 71.7 Å². The number of aromatic nitrogens is 4. The smallest absolute Gasteiger partial charge is 0.364 e. The molecule has 4 rings (SSSR count). The lowest BCUT2D eigenvalue weighted by Crippen LogP contribution is -2.08. The molecule has 2 N–H and O–H groups in total. The van der Waals surface area contributed by atoms with E-state index in [1.165, 1.54) is 30.5 Å². The minimum absolute atomic E-state index is 0.0156. The Morgan fingerprint density at radius 3 is 2.72 bits per heavy atom. The third kappa shape index (κ3) is 3.73. The Hall–Kier alpha value is -3.93. The standard InChI is InChI=1S/C20H13F3N6/c21-20(22,23)16-8-12(10-24)3-4-14(16)13-5-7-25-18(9-13)27-11-17-15-2-1-6-26-19(15)29-28-17/h1-9H,11H2,(H,25,27)(H,26,28,29). The van der Waals surface area contributed by atoms with E-state index in [0.29, 0.717) is 23.6 Å². The molecule has 3 heterocycles. The molecule has 0 atom stereocenters. The zero-order valence-electron chi connectivity index (χ0n) is 14.8. The maximum Gasteiger partial charge on any atom is 0.417 e. The average molecular weight is 394 g/mol. The maximum absolute atomic E-state index is 13.5. The van der Waals surface area contributed by atoms with Crippen molar-refractivity contribution >= 4 is 16.9 Å². The number of alkyl halides is 3. The van der Waals surface area contributed by atoms with Gasteiger partial charge in [-0.2, -0.15) is 23.5 Å². The van der Waals surface area contributed by atoms with Gasteiger partial charge in [0.25, 0.3) is 0 Å². The molecule has 144 valence electrons. The highest BCUT2D eigenvalue weighted by atomic mass is 19.4. The average Bonchev–Trinajstić information content (AvgIpc) is 3.14. The van der Waals surface area contributed by atoms with Crippen molar-refractivity contribution in [3.63, 3.8) is 0 Å². The monoisotopic (exact) mass is 394 g/mol. The topological polar surface area (TPSA) is 90.3 Å². The predicted octanol–water partition coefficient (Wildman–Crippen LogP) is 4.52. The molecule has 1 aromatic carbocycles. The van der Waals surface area contributed by atoms with Crippen LogP contribution in [-0.2, 0) is 12.7 Å². The van der Waals surface area contributed by atoms with E-state index < -0.39 is 11.7 Å². The normalized spacial score (nSPS) is 11.4. The molecule has 29 heavy (non-hydrogen) atoms. The molecule has 0 unspecified atom stereocenters. The van der Waals surface area contributed by atoms with E-state index in [9.17, 15) is 13.2 Å². The molecule has 9 heteroatoms. The Morgan fingerprint density at radius 2 is 1.93 bits per heavy atom. The van der Waals surface area contributed by atoms with Gasteiger partial charge in [-0.05, 0) is 47.5 Å². The van der Waals surface area contributed by atoms with Crippen molar-refractivity contribution in [1.29, 1.82) is 5.26 Å². The van der Waals surface area contributed by atoms with Crippen molar-refractivity contribution in [2.45, 2.75) is 12.7 Å². The van der Waals surface area contributed by atoms with Crippen molar-refractivity contribution in [2.24, 2.45) is 0 Å². The number of pyridine rings is 2. The molecule has 3 aromatic heterocycles. The first-order valence-corrected chi connectivity index (χ1v) is 8.55. The van der Waals surface area contributed by atoms with Crippen molar-refractivity contribution in [1.82, 2.24) is 20.2 Å². The van der Waals surface area contributed by atoms with Crippen LogP contribution < -0.4 is 5.32 Å². The number of benzene rings is 1. The van der Waals surface area contributed by atoms with E-state index in [1.807, 2.05) is 6.07 Å². The van der Waals surface area contributed by atoms with Gasteiger partial charge in [0.2, 0.25) is 0 Å². The molecule has 0 aliphatic heterocycles. The van der Waals surface area contributed by atoms with Crippen LogP contribution in [0.2, 0.25) is 0 Å². The molecule has 0 amide bonds. The summed E-state index contributed by atoms with van der Waals surface area (Å²) in [5.41, 5.74) is 0.786. The molecule has 0 aliphatic rings. The molecule has 0 spiro atoms. The third-order valence-electron chi connectivity index (χ3n) is 4.38. The zero-order valence-corrected chi connectivity index (χ0v) is 14.8. The largest absolute Gasteiger partial charge is 0.417 e. The number of H-pyrrole nitrogens is 1. The van der Waals surface area contributed by atoms with Gasteiger partial charge in [0.1, 0.15) is 5.82 Å². The van der Waals surface area contributed by atoms with E-state index >= 15 is 0 Å². The summed E-state index contributed by atoms with van der Waals surface area (Å²) in [5.74, 6) is 0.409. The van der Waals surface area contributed by atoms with Gasteiger partial charge >= 0.3 is 6.18 Å². The van der Waals surface area contributed by atoms with Crippen molar-refractivity contribution in [3.8, 4) is 17.2 Å². The number of halogens is 3. The molecule has 0 radical (unpaired) electrons. The number of anilines is 1. The number of fused-ring (bicyclic) bond motifs is 1. The fraction of sp³-hybridized carbons (Fsp3) is 0.100. The summed E-state index contributed by atoms with van der Waals surface area (Å²) in [6.45, 7) is 0.345. The number of nitrogens with zero attached hydrogens (tertiary/aromatic N) is 4. The van der Waals surface area contributed by atoms with Crippen LogP contribution in [0.15, 0.2) is 54.9 Å². The number of hydrogen-bond acceptors (Lipinski definition) is 5. The van der Waals surface area contributed by atoms with Gasteiger partial charge in [-0.3, -0.25) is 5.10 Å². The second-order valence-corrected chi connectivity index (χ2v) is 6.23. The van der Waals surface area contributed by atoms with E-state index in [2.05, 4.69) is 25.5 Å². The number of hydrogen-bond donors (Lipinski definition) is 2. The second kappa shape index (κ2) is 7.24. The van der Waals surface area contributed by atoms with Gasteiger partial charge in [0.05, 0.1) is 29.4 Å². The van der Waals surface area contributed by atoms with Crippen LogP contribution in [0.5, 0.6) is 0 Å². The number of rotatable bonds is 4. The fourth-order valence-corrected chi connectivity index (χ4v) is 3.01. The summed E-state index contributed by atoms with van der Waals surface area (Å²) in [4.78, 5) is 8.32. The first-order valence-electron chi connectivity index (χ1n) is 8.55. The minimum Gasteiger partial charge on any atom is -0.364 e. The SMILES string of the molecule is N#Cc1ccc(-c2ccnc(NCc3[nH]nc4ncccc34)c2)c(C(F)(F)F)c1. The first kappa shape index (κ1) is 18.4. The fourth-order valence-electron chi connectivity index (χ4n) is 3.01. The lowest BCUT2D eigenvalue weighted by atomic mass is 9.98. The predicted molar refractivity (Wildman–Crippen MR) is 101 cm³/mol. The van der Waals surface area contributed by atoms with Gasteiger partial charge in [-0.15, -0.1) is 0 Å². The molecule has 0 bridgehead atoms. The summed E-state index contributed by atoms with van der Waals surface area (Å²) >= 11 is 0. The summed E-state index contributed by atoms with van der Waals surface area (Å²) in [5, 5.41) is 19.8. The Bertz CT molecular complexity index is 1220. The maximum atomic E-state index is 13.5. The highest BCUT2D eigenvalue weighted by Gasteiger charge is 2.34. The lowest BCUT2D eigenvalue weighted by molar-refractivity contribution is -0.137. The summed E-state index contributed by atoms with van der Waals surface area (Å²) in [6.07, 6.45) is -1.51. The van der Waals surface area contributed by atoms with Gasteiger partial charge in [-0.25, -0.2) is 9.97 Å². The quantitative estimate of drug-likeness (QED) is 0.531. The van der Waals surface area contributed by atoms with Crippen LogP contribution in [0.4, 0.5) is 19.0 Å². The van der Waals surface area contributed by atoms with Crippen LogP contribution in [0.3, 0.4) is 0 Å². The molecule has 0 fully saturated rings. The highest BCUT2D eigenvalue weighted by Crippen LogP contribution is 2.38. The lowest BCUT2D eigenvalue weighted by Gasteiger charge is -2.14. The Morgan fingerprint density at radius 1 is 1.07 bits per heavy atom. The van der Waals surface area contributed by atoms with Gasteiger partial charge < -0.3 is 5.32 Å². The van der Waals surface area contributed by atoms with Crippen molar-refractivity contribution in [2.75, 3.05) is 5.32 Å². The first-order chi connectivity index (χ1) is 14.0. The molecular weight excluding hydrogens is 381 g/mol. The summed E-state index contributed by atoms with van der Waals surface area (Å²) < 4.78 is 40.4. The van der Waals surface area contributed by atoms with Crippen LogP contribution in [0.1, 0.15) is 16.8 Å². The summed E-state index contributed by atoms with van der Waals surface area (Å²) in [6, 6.07) is 12.0. The van der Waals surface area contributed by atoms with Crippen molar-refractivity contribution < 1.29 is 13.2 Å². The molecule has 0 saturated carbocycles. The van der Waals surface area contributed by atoms with Gasteiger partial charge in [0, 0.05) is 17.8 Å². The molecule has 6 nitrogen and oxygen atoms in total. The number of nitriles is 1. The summed E-state index contributed by atoms with van der Waals surface area (Å²) in [7, 11) is 0. The molecule has 0 saturated heterocycles. The van der Waals surface area contributed by atoms with Crippen LogP contribution in [0.25, 0.3) is 22.2 Å². The van der Waals surface area contributed by atoms with Crippen LogP contribution >= 0.6 is 0 Å². The Kier molecular flexibility index (Phi) is 4.60. The zero-order chi connectivity index (χ0) is 20.4. The van der Waals surface area contributed by atoms with E-state index in [-0.39, 0.29) is 11.1 Å². The molecule has 0 aliphatic carbocycles. The molecule has 4 aromatic rings. The van der Waals surface area contributed by atoms with Crippen LogP contribution in [0, 0.1) is 11.3 Å². The number of aromatic amines is 1. The molecular formula is C20H13F3N6. The third-order valence-corrected chi connectivity index (χ3v) is 4.38. The van der Waals surface area contributed by atoms with Gasteiger partial charge in [0.15, 0.2) is 5.65 Å². The number of nitrogens with one attached hydrogen (secondary N) is 2. The minimum atomic E-state index is -4.58. The van der Waals surface area contributed by atoms with Gasteiger partial charge in [-0.1, -0.05) is 6.07 Å². The van der Waals surface area contributed by atoms with E-state index in [4.69, 9.17) is 5.26 Å².